The third-order valence-electron chi connectivity index (χ3n) is 7.30. The Kier molecular flexibility index (Phi) is 10.1. The summed E-state index contributed by atoms with van der Waals surface area (Å²) >= 11 is 0. The number of ether oxygens (including phenoxy) is 2. The van der Waals surface area contributed by atoms with Crippen molar-refractivity contribution in [3.8, 4) is 0 Å². The van der Waals surface area contributed by atoms with Crippen LogP contribution in [-0.2, 0) is 28.7 Å². The van der Waals surface area contributed by atoms with Gasteiger partial charge in [-0.05, 0) is 105 Å². The number of hydrogen-bond acceptors (Lipinski definition) is 8. The van der Waals surface area contributed by atoms with Gasteiger partial charge in [-0.15, -0.1) is 0 Å². The van der Waals surface area contributed by atoms with Crippen molar-refractivity contribution in [1.29, 1.82) is 0 Å². The molecule has 2 fully saturated rings. The Hall–Kier alpha value is -3.89. The Morgan fingerprint density at radius 1 is 0.955 bits per heavy atom. The maximum Gasteiger partial charge on any atom is 0.328 e. The van der Waals surface area contributed by atoms with Crippen molar-refractivity contribution in [1.82, 2.24) is 9.80 Å². The van der Waals surface area contributed by atoms with Gasteiger partial charge in [0.05, 0.1) is 6.54 Å². The van der Waals surface area contributed by atoms with Crippen LogP contribution in [0.15, 0.2) is 33.7 Å². The SMILES string of the molecule is Cc1cc2cc(NC(=N[C@H]3CCCCN(CC(=O)N4CCCC4)C3=O)C(C(=O)OC(C)(C)C)C(=O)OC(C)(C)C)ccc2o1. The quantitative estimate of drug-likeness (QED) is 0.204. The van der Waals surface area contributed by atoms with Gasteiger partial charge < -0.3 is 29.0 Å². The van der Waals surface area contributed by atoms with E-state index in [1.54, 1.807) is 63.5 Å². The molecule has 1 N–H and O–H groups in total. The van der Waals surface area contributed by atoms with E-state index in [-0.39, 0.29) is 24.2 Å². The summed E-state index contributed by atoms with van der Waals surface area (Å²) in [6.45, 7) is 13.9. The van der Waals surface area contributed by atoms with Gasteiger partial charge in [-0.2, -0.15) is 0 Å². The Morgan fingerprint density at radius 3 is 2.18 bits per heavy atom. The number of carbonyl (C=O) groups is 4. The van der Waals surface area contributed by atoms with Crippen molar-refractivity contribution in [2.75, 3.05) is 31.5 Å². The summed E-state index contributed by atoms with van der Waals surface area (Å²) in [5.74, 6) is -3.00. The number of anilines is 1. The summed E-state index contributed by atoms with van der Waals surface area (Å²) in [6, 6.07) is 6.30. The fourth-order valence-electron chi connectivity index (χ4n) is 5.38. The highest BCUT2D eigenvalue weighted by Crippen LogP contribution is 2.26. The lowest BCUT2D eigenvalue weighted by molar-refractivity contribution is -0.170. The highest BCUT2D eigenvalue weighted by Gasteiger charge is 2.41. The first kappa shape index (κ1) is 33.0. The number of aryl methyl sites for hydroxylation is 1. The molecule has 0 unspecified atom stereocenters. The van der Waals surface area contributed by atoms with Crippen LogP contribution in [0, 0.1) is 12.8 Å². The van der Waals surface area contributed by atoms with Crippen molar-refractivity contribution in [2.24, 2.45) is 10.9 Å². The summed E-state index contributed by atoms with van der Waals surface area (Å²) in [4.78, 5) is 62.3. The van der Waals surface area contributed by atoms with Crippen LogP contribution >= 0.6 is 0 Å². The number of furan rings is 1. The Morgan fingerprint density at radius 2 is 1.57 bits per heavy atom. The van der Waals surface area contributed by atoms with Crippen LogP contribution < -0.4 is 5.32 Å². The first-order valence-corrected chi connectivity index (χ1v) is 15.5. The molecule has 44 heavy (non-hydrogen) atoms. The summed E-state index contributed by atoms with van der Waals surface area (Å²) in [7, 11) is 0. The van der Waals surface area contributed by atoms with Crippen molar-refractivity contribution in [2.45, 2.75) is 97.8 Å². The monoisotopic (exact) mass is 610 g/mol. The molecule has 0 radical (unpaired) electrons. The molecule has 0 saturated carbocycles. The lowest BCUT2D eigenvalue weighted by Gasteiger charge is -2.28. The Balaban J connectivity index is 1.74. The summed E-state index contributed by atoms with van der Waals surface area (Å²) in [5.41, 5.74) is -0.586. The average molecular weight is 611 g/mol. The molecular formula is C33H46N4O7. The molecule has 2 aliphatic heterocycles. The number of esters is 2. The fourth-order valence-corrected chi connectivity index (χ4v) is 5.38. The van der Waals surface area contributed by atoms with Gasteiger partial charge in [0, 0.05) is 30.7 Å². The number of rotatable bonds is 7. The second-order valence-corrected chi connectivity index (χ2v) is 13.6. The van der Waals surface area contributed by atoms with Crippen LogP contribution in [0.1, 0.15) is 79.4 Å². The molecule has 0 aliphatic carbocycles. The number of carbonyl (C=O) groups excluding carboxylic acids is 4. The highest BCUT2D eigenvalue weighted by molar-refractivity contribution is 6.21. The molecule has 3 heterocycles. The van der Waals surface area contributed by atoms with E-state index in [2.05, 4.69) is 5.32 Å². The van der Waals surface area contributed by atoms with Crippen LogP contribution in [0.2, 0.25) is 0 Å². The van der Waals surface area contributed by atoms with Crippen LogP contribution in [0.5, 0.6) is 0 Å². The van der Waals surface area contributed by atoms with E-state index < -0.39 is 35.1 Å². The van der Waals surface area contributed by atoms with Crippen molar-refractivity contribution >= 4 is 46.2 Å². The van der Waals surface area contributed by atoms with Crippen molar-refractivity contribution < 1.29 is 33.1 Å². The number of benzene rings is 1. The maximum atomic E-state index is 13.9. The van der Waals surface area contributed by atoms with Crippen LogP contribution in [0.25, 0.3) is 11.0 Å². The molecule has 2 saturated heterocycles. The molecule has 11 nitrogen and oxygen atoms in total. The molecule has 1 aromatic heterocycles. The minimum Gasteiger partial charge on any atom is -0.461 e. The van der Waals surface area contributed by atoms with Gasteiger partial charge in [0.25, 0.3) is 0 Å². The van der Waals surface area contributed by atoms with Crippen LogP contribution in [-0.4, -0.2) is 82.8 Å². The molecule has 1 aromatic carbocycles. The minimum atomic E-state index is -1.59. The molecule has 11 heteroatoms. The van der Waals surface area contributed by atoms with E-state index in [9.17, 15) is 19.2 Å². The first-order chi connectivity index (χ1) is 20.6. The second kappa shape index (κ2) is 13.4. The molecule has 0 bridgehead atoms. The van der Waals surface area contributed by atoms with Gasteiger partial charge in [0.15, 0.2) is 0 Å². The van der Waals surface area contributed by atoms with Crippen molar-refractivity contribution in [3.05, 3.63) is 30.0 Å². The lowest BCUT2D eigenvalue weighted by atomic mass is 10.0. The van der Waals surface area contributed by atoms with Gasteiger partial charge >= 0.3 is 11.9 Å². The van der Waals surface area contributed by atoms with Crippen molar-refractivity contribution in [3.63, 3.8) is 0 Å². The van der Waals surface area contributed by atoms with E-state index >= 15 is 0 Å². The van der Waals surface area contributed by atoms with E-state index in [1.165, 1.54) is 0 Å². The number of amides is 2. The molecule has 2 aliphatic rings. The Bertz CT molecular complexity index is 1380. The zero-order valence-corrected chi connectivity index (χ0v) is 27.0. The molecule has 240 valence electrons. The molecule has 2 amide bonds. The second-order valence-electron chi connectivity index (χ2n) is 13.6. The largest absolute Gasteiger partial charge is 0.461 e. The normalized spacial score (nSPS) is 18.5. The third kappa shape index (κ3) is 8.83. The number of fused-ring (bicyclic) bond motifs is 1. The predicted octanol–water partition coefficient (Wildman–Crippen LogP) is 4.85. The third-order valence-corrected chi connectivity index (χ3v) is 7.30. The van der Waals surface area contributed by atoms with Crippen LogP contribution in [0.4, 0.5) is 5.69 Å². The fraction of sp³-hybridized carbons (Fsp3) is 0.606. The Labute approximate surface area is 259 Å². The predicted molar refractivity (Wildman–Crippen MR) is 167 cm³/mol. The molecule has 1 atom stereocenters. The smallest absolute Gasteiger partial charge is 0.328 e. The van der Waals surface area contributed by atoms with Gasteiger partial charge in [0.2, 0.25) is 17.7 Å². The van der Waals surface area contributed by atoms with Gasteiger partial charge in [0.1, 0.15) is 34.4 Å². The maximum absolute atomic E-state index is 13.9. The van der Waals surface area contributed by atoms with E-state index in [0.29, 0.717) is 50.2 Å². The zero-order valence-electron chi connectivity index (χ0n) is 27.0. The topological polar surface area (TPSA) is 131 Å². The summed E-state index contributed by atoms with van der Waals surface area (Å²) < 4.78 is 17.1. The van der Waals surface area contributed by atoms with Gasteiger partial charge in [-0.25, -0.2) is 0 Å². The summed E-state index contributed by atoms with van der Waals surface area (Å²) in [6.07, 6.45) is 3.72. The summed E-state index contributed by atoms with van der Waals surface area (Å²) in [5, 5.41) is 3.98. The highest BCUT2D eigenvalue weighted by atomic mass is 16.6. The molecule has 0 spiro atoms. The van der Waals surface area contributed by atoms with E-state index in [4.69, 9.17) is 18.9 Å². The van der Waals surface area contributed by atoms with Gasteiger partial charge in [-0.1, -0.05) is 0 Å². The first-order valence-electron chi connectivity index (χ1n) is 15.5. The van der Waals surface area contributed by atoms with E-state index in [0.717, 1.165) is 24.0 Å². The zero-order chi connectivity index (χ0) is 32.2. The number of likely N-dealkylation sites (tertiary alicyclic amines) is 2. The molecular weight excluding hydrogens is 564 g/mol. The lowest BCUT2D eigenvalue weighted by Crippen LogP contribution is -2.46. The van der Waals surface area contributed by atoms with E-state index in [1.807, 2.05) is 19.1 Å². The average Bonchev–Trinajstić information content (AvgIpc) is 3.52. The standard InChI is InChI=1S/C33H46N4O7/c1-21-18-22-19-23(13-14-25(22)42-21)34-28(27(30(40)43-32(2,3)4)31(41)44-33(5,6)7)35-24-12-8-9-17-37(29(24)39)20-26(38)36-15-10-11-16-36/h13-14,18-19,24,27H,8-12,15-17,20H2,1-7H3,(H,34,35)/t24-/m0/s1. The molecule has 4 rings (SSSR count). The number of amidine groups is 1. The number of nitrogens with one attached hydrogen (secondary N) is 1. The van der Waals surface area contributed by atoms with Gasteiger partial charge in [-0.3, -0.25) is 24.2 Å². The number of hydrogen-bond donors (Lipinski definition) is 1. The number of aliphatic imine (C=N–C) groups is 1. The minimum absolute atomic E-state index is 0.0221. The number of nitrogens with zero attached hydrogens (tertiary/aromatic N) is 3. The van der Waals surface area contributed by atoms with Crippen LogP contribution in [0.3, 0.4) is 0 Å². The molecule has 2 aromatic rings.